The van der Waals surface area contributed by atoms with Gasteiger partial charge in [0.25, 0.3) is 0 Å². The third kappa shape index (κ3) is 4.82. The number of benzene rings is 2. The van der Waals surface area contributed by atoms with Gasteiger partial charge in [0.05, 0.1) is 11.4 Å². The zero-order chi connectivity index (χ0) is 20.1. The van der Waals surface area contributed by atoms with Crippen LogP contribution >= 0.6 is 0 Å². The summed E-state index contributed by atoms with van der Waals surface area (Å²) in [6, 6.07) is 14.4. The summed E-state index contributed by atoms with van der Waals surface area (Å²) in [5.41, 5.74) is 0. The number of ether oxygens (including phenoxy) is 2. The van der Waals surface area contributed by atoms with Crippen LogP contribution in [0.4, 0.5) is 0 Å². The number of sulfonamides is 1. The zero-order valence-corrected chi connectivity index (χ0v) is 16.6. The van der Waals surface area contributed by atoms with Crippen molar-refractivity contribution < 1.29 is 22.7 Å². The first-order chi connectivity index (χ1) is 13.4. The maximum Gasteiger partial charge on any atom is 0.241 e. The molecule has 8 heteroatoms. The maximum atomic E-state index is 12.6. The van der Waals surface area contributed by atoms with Gasteiger partial charge in [-0.2, -0.15) is 4.72 Å². The molecular weight excluding hydrogens is 380 g/mol. The summed E-state index contributed by atoms with van der Waals surface area (Å²) in [7, 11) is -3.80. The molecule has 1 aliphatic rings. The van der Waals surface area contributed by atoms with E-state index in [1.807, 2.05) is 18.2 Å². The molecule has 28 heavy (non-hydrogen) atoms. The summed E-state index contributed by atoms with van der Waals surface area (Å²) in [4.78, 5) is 12.8. The van der Waals surface area contributed by atoms with E-state index >= 15 is 0 Å². The van der Waals surface area contributed by atoms with Crippen LogP contribution in [0.5, 0.6) is 11.5 Å². The molecule has 0 fully saturated rings. The van der Waals surface area contributed by atoms with Gasteiger partial charge in [-0.3, -0.25) is 4.79 Å². The van der Waals surface area contributed by atoms with Crippen LogP contribution < -0.4 is 19.5 Å². The molecule has 150 valence electrons. The lowest BCUT2D eigenvalue weighted by molar-refractivity contribution is -0.124. The predicted octanol–water partition coefficient (Wildman–Crippen LogP) is 1.95. The number of hydrogen-bond donors (Lipinski definition) is 2. The Morgan fingerprint density at radius 1 is 1.07 bits per heavy atom. The number of para-hydroxylation sites is 2. The van der Waals surface area contributed by atoms with E-state index < -0.39 is 22.0 Å². The van der Waals surface area contributed by atoms with Gasteiger partial charge in [-0.25, -0.2) is 8.42 Å². The molecular formula is C20H24N2O5S. The molecule has 0 bridgehead atoms. The van der Waals surface area contributed by atoms with Crippen LogP contribution in [0.1, 0.15) is 13.8 Å². The average Bonchev–Trinajstić information content (AvgIpc) is 2.70. The first kappa shape index (κ1) is 20.2. The zero-order valence-electron chi connectivity index (χ0n) is 15.8. The summed E-state index contributed by atoms with van der Waals surface area (Å²) in [5, 5.41) is 2.77. The number of hydrogen-bond acceptors (Lipinski definition) is 5. The lowest BCUT2D eigenvalue weighted by Crippen LogP contribution is -2.52. The van der Waals surface area contributed by atoms with Crippen LogP contribution in [-0.2, 0) is 14.8 Å². The van der Waals surface area contributed by atoms with Crippen molar-refractivity contribution in [2.24, 2.45) is 5.92 Å². The van der Waals surface area contributed by atoms with Crippen LogP contribution in [0.2, 0.25) is 0 Å². The topological polar surface area (TPSA) is 93.7 Å². The molecule has 0 radical (unpaired) electrons. The van der Waals surface area contributed by atoms with Crippen LogP contribution in [0, 0.1) is 5.92 Å². The number of carbonyl (C=O) groups excluding carboxylic acids is 1. The van der Waals surface area contributed by atoms with Gasteiger partial charge in [-0.05, 0) is 30.2 Å². The van der Waals surface area contributed by atoms with Gasteiger partial charge in [0.1, 0.15) is 18.8 Å². The van der Waals surface area contributed by atoms with Crippen molar-refractivity contribution in [3.8, 4) is 11.5 Å². The first-order valence-corrected chi connectivity index (χ1v) is 10.6. The fraction of sp³-hybridized carbons (Fsp3) is 0.350. The molecule has 1 heterocycles. The molecule has 2 aromatic rings. The van der Waals surface area contributed by atoms with Crippen LogP contribution in [0.15, 0.2) is 59.5 Å². The van der Waals surface area contributed by atoms with E-state index in [9.17, 15) is 13.2 Å². The number of amides is 1. The van der Waals surface area contributed by atoms with Crippen molar-refractivity contribution in [1.29, 1.82) is 0 Å². The van der Waals surface area contributed by atoms with Crippen molar-refractivity contribution in [3.63, 3.8) is 0 Å². The summed E-state index contributed by atoms with van der Waals surface area (Å²) in [5.74, 6) is 0.652. The predicted molar refractivity (Wildman–Crippen MR) is 105 cm³/mol. The van der Waals surface area contributed by atoms with E-state index in [1.54, 1.807) is 38.1 Å². The SMILES string of the molecule is CC(C)C(NS(=O)(=O)c1ccccc1)C(=O)NCC1COc2ccccc2O1. The van der Waals surface area contributed by atoms with Gasteiger partial charge in [0, 0.05) is 0 Å². The normalized spacial score (nSPS) is 17.2. The quantitative estimate of drug-likeness (QED) is 0.736. The monoisotopic (exact) mass is 404 g/mol. The molecule has 3 rings (SSSR count). The van der Waals surface area contributed by atoms with E-state index in [0.717, 1.165) is 0 Å². The van der Waals surface area contributed by atoms with Crippen molar-refractivity contribution in [1.82, 2.24) is 10.0 Å². The second-order valence-corrected chi connectivity index (χ2v) is 8.61. The smallest absolute Gasteiger partial charge is 0.241 e. The highest BCUT2D eigenvalue weighted by molar-refractivity contribution is 7.89. The maximum absolute atomic E-state index is 12.6. The fourth-order valence-electron chi connectivity index (χ4n) is 2.82. The number of carbonyl (C=O) groups is 1. The molecule has 2 unspecified atom stereocenters. The lowest BCUT2D eigenvalue weighted by Gasteiger charge is -2.28. The summed E-state index contributed by atoms with van der Waals surface area (Å²) in [6.07, 6.45) is -0.350. The van der Waals surface area contributed by atoms with E-state index in [-0.39, 0.29) is 23.5 Å². The molecule has 1 aliphatic heterocycles. The second kappa shape index (κ2) is 8.62. The third-order valence-corrected chi connectivity index (χ3v) is 5.81. The van der Waals surface area contributed by atoms with Crippen molar-refractivity contribution in [3.05, 3.63) is 54.6 Å². The molecule has 0 aliphatic carbocycles. The highest BCUT2D eigenvalue weighted by Gasteiger charge is 2.29. The lowest BCUT2D eigenvalue weighted by atomic mass is 10.1. The Labute approximate surface area is 165 Å². The first-order valence-electron chi connectivity index (χ1n) is 9.10. The van der Waals surface area contributed by atoms with Gasteiger partial charge in [-0.1, -0.05) is 44.2 Å². The van der Waals surface area contributed by atoms with E-state index in [1.165, 1.54) is 12.1 Å². The molecule has 2 atom stereocenters. The van der Waals surface area contributed by atoms with Crippen molar-refractivity contribution >= 4 is 15.9 Å². The molecule has 0 spiro atoms. The average molecular weight is 404 g/mol. The number of fused-ring (bicyclic) bond motifs is 1. The molecule has 0 aromatic heterocycles. The van der Waals surface area contributed by atoms with Crippen LogP contribution in [0.3, 0.4) is 0 Å². The molecule has 2 aromatic carbocycles. The van der Waals surface area contributed by atoms with E-state index in [0.29, 0.717) is 18.1 Å². The van der Waals surface area contributed by atoms with Gasteiger partial charge in [0.2, 0.25) is 15.9 Å². The molecule has 1 amide bonds. The van der Waals surface area contributed by atoms with Gasteiger partial charge < -0.3 is 14.8 Å². The Morgan fingerprint density at radius 3 is 2.39 bits per heavy atom. The summed E-state index contributed by atoms with van der Waals surface area (Å²) in [6.45, 7) is 4.09. The highest BCUT2D eigenvalue weighted by Crippen LogP contribution is 2.30. The third-order valence-electron chi connectivity index (χ3n) is 4.36. The van der Waals surface area contributed by atoms with Crippen molar-refractivity contribution in [2.75, 3.05) is 13.2 Å². The van der Waals surface area contributed by atoms with Gasteiger partial charge in [-0.15, -0.1) is 0 Å². The largest absolute Gasteiger partial charge is 0.486 e. The van der Waals surface area contributed by atoms with Gasteiger partial charge >= 0.3 is 0 Å². The summed E-state index contributed by atoms with van der Waals surface area (Å²) >= 11 is 0. The Hall–Kier alpha value is -2.58. The number of nitrogens with one attached hydrogen (secondary N) is 2. The van der Waals surface area contributed by atoms with Gasteiger partial charge in [0.15, 0.2) is 11.5 Å². The van der Waals surface area contributed by atoms with Crippen LogP contribution in [-0.4, -0.2) is 39.6 Å². The minimum Gasteiger partial charge on any atom is -0.486 e. The minimum absolute atomic E-state index is 0.120. The Balaban J connectivity index is 1.61. The summed E-state index contributed by atoms with van der Waals surface area (Å²) < 4.78 is 39.1. The molecule has 7 nitrogen and oxygen atoms in total. The minimum atomic E-state index is -3.80. The Kier molecular flexibility index (Phi) is 6.21. The Morgan fingerprint density at radius 2 is 1.71 bits per heavy atom. The van der Waals surface area contributed by atoms with E-state index in [2.05, 4.69) is 10.0 Å². The Bertz CT molecular complexity index is 915. The molecule has 0 saturated carbocycles. The van der Waals surface area contributed by atoms with Crippen LogP contribution in [0.25, 0.3) is 0 Å². The second-order valence-electron chi connectivity index (χ2n) is 6.90. The van der Waals surface area contributed by atoms with E-state index in [4.69, 9.17) is 9.47 Å². The standard InChI is InChI=1S/C20H24N2O5S/c1-14(2)19(22-28(24,25)16-8-4-3-5-9-16)20(23)21-12-15-13-26-17-10-6-7-11-18(17)27-15/h3-11,14-15,19,22H,12-13H2,1-2H3,(H,21,23). The fourth-order valence-corrected chi connectivity index (χ4v) is 4.18. The highest BCUT2D eigenvalue weighted by atomic mass is 32.2. The number of rotatable bonds is 7. The molecule has 0 saturated heterocycles. The molecule has 2 N–H and O–H groups in total. The van der Waals surface area contributed by atoms with Crippen molar-refractivity contribution in [2.45, 2.75) is 30.9 Å².